The van der Waals surface area contributed by atoms with Crippen LogP contribution in [0.15, 0.2) is 97.1 Å². The fourth-order valence-corrected chi connectivity index (χ4v) is 3.44. The van der Waals surface area contributed by atoms with Crippen LogP contribution >= 0.6 is 0 Å². The molecule has 1 amide bonds. The number of carboxylic acids is 2. The van der Waals surface area contributed by atoms with Crippen molar-refractivity contribution in [3.05, 3.63) is 114 Å². The third kappa shape index (κ3) is 5.12. The number of hydrogen-bond acceptors (Lipinski definition) is 5. The van der Waals surface area contributed by atoms with Crippen LogP contribution in [0, 0.1) is 0 Å². The Morgan fingerprint density at radius 3 is 2.03 bits per heavy atom. The first-order chi connectivity index (χ1) is 16.8. The van der Waals surface area contributed by atoms with Crippen molar-refractivity contribution in [3.8, 4) is 16.9 Å². The van der Waals surface area contributed by atoms with E-state index in [0.717, 1.165) is 5.06 Å². The Hall–Kier alpha value is -5.11. The standard InChI is InChI=1S/C27H20N2O6/c28-20-10-12-22(13-11-20)35-29(21-7-2-1-3-8-21)25(30)23-14-9-18(16-24(23)27(33)34)17-5-4-6-19(15-17)26(31)32/h1-16H,28H2,(H,31,32)(H,33,34). The van der Waals surface area contributed by atoms with Gasteiger partial charge >= 0.3 is 11.9 Å². The fraction of sp³-hybridized carbons (Fsp3) is 0. The molecule has 0 aliphatic carbocycles. The van der Waals surface area contributed by atoms with Crippen LogP contribution in [-0.2, 0) is 0 Å². The molecule has 0 fully saturated rings. The molecule has 4 N–H and O–H groups in total. The van der Waals surface area contributed by atoms with Gasteiger partial charge < -0.3 is 20.8 Å². The van der Waals surface area contributed by atoms with Gasteiger partial charge in [-0.15, -0.1) is 5.06 Å². The molecule has 0 saturated carbocycles. The van der Waals surface area contributed by atoms with Gasteiger partial charge in [0.15, 0.2) is 5.75 Å². The van der Waals surface area contributed by atoms with Crippen molar-refractivity contribution in [1.82, 2.24) is 0 Å². The number of amides is 1. The van der Waals surface area contributed by atoms with E-state index < -0.39 is 17.8 Å². The highest BCUT2D eigenvalue weighted by molar-refractivity contribution is 6.11. The minimum Gasteiger partial charge on any atom is -0.478 e. The molecule has 8 heteroatoms. The van der Waals surface area contributed by atoms with Crippen molar-refractivity contribution < 1.29 is 29.4 Å². The van der Waals surface area contributed by atoms with Crippen LogP contribution in [0.5, 0.6) is 5.75 Å². The molecule has 4 aromatic carbocycles. The molecule has 0 aliphatic rings. The number of carbonyl (C=O) groups excluding carboxylic acids is 1. The Morgan fingerprint density at radius 1 is 0.686 bits per heavy atom. The van der Waals surface area contributed by atoms with E-state index in [4.69, 9.17) is 10.6 Å². The number of benzene rings is 4. The van der Waals surface area contributed by atoms with E-state index in [1.807, 2.05) is 0 Å². The fourth-order valence-electron chi connectivity index (χ4n) is 3.44. The van der Waals surface area contributed by atoms with Gasteiger partial charge in [-0.2, -0.15) is 0 Å². The lowest BCUT2D eigenvalue weighted by atomic mass is 9.97. The number of nitrogens with zero attached hydrogens (tertiary/aromatic N) is 1. The summed E-state index contributed by atoms with van der Waals surface area (Å²) >= 11 is 0. The third-order valence-corrected chi connectivity index (χ3v) is 5.18. The summed E-state index contributed by atoms with van der Waals surface area (Å²) in [6.45, 7) is 0. The third-order valence-electron chi connectivity index (χ3n) is 5.18. The van der Waals surface area contributed by atoms with E-state index >= 15 is 0 Å². The van der Waals surface area contributed by atoms with Crippen LogP contribution in [0.2, 0.25) is 0 Å². The highest BCUT2D eigenvalue weighted by atomic mass is 16.7. The molecule has 0 heterocycles. The first-order valence-corrected chi connectivity index (χ1v) is 10.5. The molecule has 35 heavy (non-hydrogen) atoms. The molecule has 0 radical (unpaired) electrons. The van der Waals surface area contributed by atoms with Crippen LogP contribution in [0.3, 0.4) is 0 Å². The average Bonchev–Trinajstić information content (AvgIpc) is 2.88. The van der Waals surface area contributed by atoms with E-state index in [1.54, 1.807) is 72.8 Å². The van der Waals surface area contributed by atoms with Crippen LogP contribution in [0.25, 0.3) is 11.1 Å². The zero-order chi connectivity index (χ0) is 24.9. The number of carboxylic acid groups (broad SMARTS) is 2. The molecule has 4 rings (SSSR count). The maximum atomic E-state index is 13.6. The summed E-state index contributed by atoms with van der Waals surface area (Å²) in [5, 5.41) is 20.2. The Balaban J connectivity index is 1.76. The van der Waals surface area contributed by atoms with Gasteiger partial charge in [0.2, 0.25) is 0 Å². The summed E-state index contributed by atoms with van der Waals surface area (Å²) in [7, 11) is 0. The molecule has 0 bridgehead atoms. The van der Waals surface area contributed by atoms with Gasteiger partial charge in [0, 0.05) is 5.69 Å². The summed E-state index contributed by atoms with van der Waals surface area (Å²) < 4.78 is 0. The van der Waals surface area contributed by atoms with Crippen LogP contribution in [0.4, 0.5) is 11.4 Å². The maximum absolute atomic E-state index is 13.6. The smallest absolute Gasteiger partial charge is 0.336 e. The van der Waals surface area contributed by atoms with Crippen LogP contribution in [-0.4, -0.2) is 28.1 Å². The summed E-state index contributed by atoms with van der Waals surface area (Å²) in [4.78, 5) is 42.8. The minimum atomic E-state index is -1.31. The summed E-state index contributed by atoms with van der Waals surface area (Å²) in [6.07, 6.45) is 0. The van der Waals surface area contributed by atoms with Crippen molar-refractivity contribution >= 4 is 29.2 Å². The summed E-state index contributed by atoms with van der Waals surface area (Å²) in [6, 6.07) is 25.3. The number of nitrogen functional groups attached to an aromatic ring is 1. The zero-order valence-electron chi connectivity index (χ0n) is 18.3. The number of hydroxylamine groups is 1. The lowest BCUT2D eigenvalue weighted by molar-refractivity contribution is 0.0683. The van der Waals surface area contributed by atoms with Crippen molar-refractivity contribution in [2.24, 2.45) is 0 Å². The summed E-state index contributed by atoms with van der Waals surface area (Å²) in [5.74, 6) is -2.79. The topological polar surface area (TPSA) is 130 Å². The highest BCUT2D eigenvalue weighted by Gasteiger charge is 2.26. The van der Waals surface area contributed by atoms with Crippen molar-refractivity contribution in [2.45, 2.75) is 0 Å². The zero-order valence-corrected chi connectivity index (χ0v) is 18.3. The molecule has 0 saturated heterocycles. The molecule has 0 spiro atoms. The number of aromatic carboxylic acids is 2. The number of para-hydroxylation sites is 1. The molecule has 4 aromatic rings. The Kier molecular flexibility index (Phi) is 6.46. The second-order valence-electron chi connectivity index (χ2n) is 7.55. The second-order valence-corrected chi connectivity index (χ2v) is 7.55. The van der Waals surface area contributed by atoms with Crippen molar-refractivity contribution in [2.75, 3.05) is 10.8 Å². The Morgan fingerprint density at radius 2 is 1.37 bits per heavy atom. The largest absolute Gasteiger partial charge is 0.478 e. The molecule has 174 valence electrons. The predicted octanol–water partition coefficient (Wildman–Crippen LogP) is 4.97. The van der Waals surface area contributed by atoms with Gasteiger partial charge in [-0.1, -0.05) is 36.4 Å². The molecule has 8 nitrogen and oxygen atoms in total. The van der Waals surface area contributed by atoms with Crippen LogP contribution < -0.4 is 15.6 Å². The van der Waals surface area contributed by atoms with E-state index in [2.05, 4.69) is 0 Å². The number of carbonyl (C=O) groups is 3. The highest BCUT2D eigenvalue weighted by Crippen LogP contribution is 2.27. The maximum Gasteiger partial charge on any atom is 0.336 e. The van der Waals surface area contributed by atoms with Gasteiger partial charge in [-0.3, -0.25) is 4.79 Å². The monoisotopic (exact) mass is 468 g/mol. The molecule has 0 unspecified atom stereocenters. The summed E-state index contributed by atoms with van der Waals surface area (Å²) in [5.41, 5.74) is 7.30. The molecular formula is C27H20N2O6. The van der Waals surface area contributed by atoms with Gasteiger partial charge in [0.25, 0.3) is 5.91 Å². The normalized spacial score (nSPS) is 10.4. The lowest BCUT2D eigenvalue weighted by Gasteiger charge is -2.23. The van der Waals surface area contributed by atoms with E-state index in [9.17, 15) is 24.6 Å². The molecule has 0 aromatic heterocycles. The molecule has 0 atom stereocenters. The number of rotatable bonds is 7. The first kappa shape index (κ1) is 23.1. The molecule has 0 aliphatic heterocycles. The number of hydrogen-bond donors (Lipinski definition) is 3. The first-order valence-electron chi connectivity index (χ1n) is 10.5. The predicted molar refractivity (Wildman–Crippen MR) is 131 cm³/mol. The quantitative estimate of drug-likeness (QED) is 0.258. The SMILES string of the molecule is Nc1ccc(ON(C(=O)c2ccc(-c3cccc(C(=O)O)c3)cc2C(=O)O)c2ccccc2)cc1. The second kappa shape index (κ2) is 9.80. The van der Waals surface area contributed by atoms with E-state index in [0.29, 0.717) is 28.3 Å². The van der Waals surface area contributed by atoms with Gasteiger partial charge in [-0.25, -0.2) is 9.59 Å². The van der Waals surface area contributed by atoms with Crippen LogP contribution in [0.1, 0.15) is 31.1 Å². The average molecular weight is 468 g/mol. The van der Waals surface area contributed by atoms with Crippen molar-refractivity contribution in [3.63, 3.8) is 0 Å². The minimum absolute atomic E-state index is 0.0617. The van der Waals surface area contributed by atoms with E-state index in [-0.39, 0.29) is 16.7 Å². The van der Waals surface area contributed by atoms with Gasteiger partial charge in [-0.05, 0) is 71.8 Å². The number of nitrogens with two attached hydrogens (primary N) is 1. The Labute approximate surface area is 200 Å². The van der Waals surface area contributed by atoms with Gasteiger partial charge in [0.05, 0.1) is 22.4 Å². The lowest BCUT2D eigenvalue weighted by Crippen LogP contribution is -2.35. The number of anilines is 2. The van der Waals surface area contributed by atoms with Crippen molar-refractivity contribution in [1.29, 1.82) is 0 Å². The Bertz CT molecular complexity index is 1400. The van der Waals surface area contributed by atoms with E-state index in [1.165, 1.54) is 24.3 Å². The molecular weight excluding hydrogens is 448 g/mol. The van der Waals surface area contributed by atoms with Gasteiger partial charge in [0.1, 0.15) is 0 Å².